The number of likely N-dealkylation sites (N-methyl/N-ethyl adjacent to an activating group) is 1. The van der Waals surface area contributed by atoms with Crippen LogP contribution in [0.15, 0.2) is 18.2 Å². The second-order valence-electron chi connectivity index (χ2n) is 5.69. The molecule has 0 radical (unpaired) electrons. The first-order valence-corrected chi connectivity index (χ1v) is 8.02. The molecule has 1 aliphatic rings. The molecule has 1 saturated heterocycles. The van der Waals surface area contributed by atoms with Crippen molar-refractivity contribution in [1.82, 2.24) is 9.80 Å². The van der Waals surface area contributed by atoms with E-state index in [1.54, 1.807) is 14.2 Å². The van der Waals surface area contributed by atoms with Crippen LogP contribution in [-0.4, -0.2) is 68.4 Å². The van der Waals surface area contributed by atoms with Crippen molar-refractivity contribution < 1.29 is 14.6 Å². The van der Waals surface area contributed by atoms with Crippen LogP contribution in [0, 0.1) is 0 Å². The molecule has 0 spiro atoms. The van der Waals surface area contributed by atoms with Gasteiger partial charge in [-0.15, -0.1) is 0 Å². The Morgan fingerprint density at radius 3 is 2.36 bits per heavy atom. The van der Waals surface area contributed by atoms with Crippen molar-refractivity contribution in [3.8, 4) is 11.5 Å². The van der Waals surface area contributed by atoms with Gasteiger partial charge in [-0.3, -0.25) is 0 Å². The largest absolute Gasteiger partial charge is 0.497 e. The molecule has 1 N–H and O–H groups in total. The van der Waals surface area contributed by atoms with Crippen LogP contribution < -0.4 is 9.47 Å². The molecule has 0 aromatic heterocycles. The monoisotopic (exact) mass is 308 g/mol. The smallest absolute Gasteiger partial charge is 0.124 e. The van der Waals surface area contributed by atoms with Gasteiger partial charge in [0.25, 0.3) is 0 Å². The van der Waals surface area contributed by atoms with Crippen molar-refractivity contribution in [2.75, 3.05) is 53.5 Å². The van der Waals surface area contributed by atoms with Crippen LogP contribution in [0.25, 0.3) is 0 Å². The summed E-state index contributed by atoms with van der Waals surface area (Å²) in [6.07, 6.45) is 0.171. The van der Waals surface area contributed by atoms with Gasteiger partial charge in [0.05, 0.1) is 20.3 Å². The van der Waals surface area contributed by atoms with Gasteiger partial charge in [0.2, 0.25) is 0 Å². The normalized spacial score (nSPS) is 18.2. The van der Waals surface area contributed by atoms with Gasteiger partial charge in [-0.25, -0.2) is 0 Å². The summed E-state index contributed by atoms with van der Waals surface area (Å²) in [5, 5.41) is 10.5. The summed E-state index contributed by atoms with van der Waals surface area (Å²) in [6, 6.07) is 5.55. The Kier molecular flexibility index (Phi) is 6.49. The zero-order valence-corrected chi connectivity index (χ0v) is 13.9. The molecule has 1 aliphatic heterocycles. The van der Waals surface area contributed by atoms with Crippen LogP contribution in [0.5, 0.6) is 11.5 Å². The second kappa shape index (κ2) is 8.36. The number of ether oxygens (including phenoxy) is 2. The molecule has 5 heteroatoms. The minimum Gasteiger partial charge on any atom is -0.497 e. The number of benzene rings is 1. The maximum atomic E-state index is 10.5. The highest BCUT2D eigenvalue weighted by atomic mass is 16.5. The summed E-state index contributed by atoms with van der Waals surface area (Å²) in [5.41, 5.74) is 0.800. The lowest BCUT2D eigenvalue weighted by molar-refractivity contribution is 0.104. The van der Waals surface area contributed by atoms with Gasteiger partial charge in [0, 0.05) is 38.3 Å². The molecular formula is C17H28N2O3. The van der Waals surface area contributed by atoms with E-state index in [1.165, 1.54) is 0 Å². The minimum atomic E-state index is -0.533. The first-order valence-electron chi connectivity index (χ1n) is 8.02. The van der Waals surface area contributed by atoms with E-state index in [9.17, 15) is 5.11 Å². The molecule has 2 rings (SSSR count). The molecule has 1 atom stereocenters. The van der Waals surface area contributed by atoms with Gasteiger partial charge >= 0.3 is 0 Å². The topological polar surface area (TPSA) is 45.2 Å². The zero-order chi connectivity index (χ0) is 15.9. The fourth-order valence-electron chi connectivity index (χ4n) is 2.89. The molecule has 0 aliphatic carbocycles. The molecular weight excluding hydrogens is 280 g/mol. The van der Waals surface area contributed by atoms with Gasteiger partial charge in [0.15, 0.2) is 0 Å². The molecule has 1 fully saturated rings. The zero-order valence-electron chi connectivity index (χ0n) is 13.9. The quantitative estimate of drug-likeness (QED) is 0.832. The molecule has 1 aromatic rings. The first kappa shape index (κ1) is 17.1. The fourth-order valence-corrected chi connectivity index (χ4v) is 2.89. The van der Waals surface area contributed by atoms with Gasteiger partial charge in [0.1, 0.15) is 11.5 Å². The van der Waals surface area contributed by atoms with Crippen molar-refractivity contribution in [3.05, 3.63) is 23.8 Å². The van der Waals surface area contributed by atoms with Crippen molar-refractivity contribution in [2.24, 2.45) is 0 Å². The van der Waals surface area contributed by atoms with E-state index in [2.05, 4.69) is 16.7 Å². The third-order valence-corrected chi connectivity index (χ3v) is 4.43. The summed E-state index contributed by atoms with van der Waals surface area (Å²) >= 11 is 0. The number of hydrogen-bond donors (Lipinski definition) is 1. The summed E-state index contributed by atoms with van der Waals surface area (Å²) in [6.45, 7) is 8.63. The molecule has 1 aromatic carbocycles. The maximum absolute atomic E-state index is 10.5. The Morgan fingerprint density at radius 1 is 1.09 bits per heavy atom. The van der Waals surface area contributed by atoms with Gasteiger partial charge < -0.3 is 24.4 Å². The number of hydrogen-bond acceptors (Lipinski definition) is 5. The molecule has 5 nitrogen and oxygen atoms in total. The van der Waals surface area contributed by atoms with E-state index in [1.807, 2.05) is 18.2 Å². The average molecular weight is 308 g/mol. The molecule has 22 heavy (non-hydrogen) atoms. The number of nitrogens with zero attached hydrogens (tertiary/aromatic N) is 2. The fraction of sp³-hybridized carbons (Fsp3) is 0.647. The van der Waals surface area contributed by atoms with Crippen LogP contribution in [0.1, 0.15) is 25.0 Å². The first-order chi connectivity index (χ1) is 10.7. The Morgan fingerprint density at radius 2 is 1.77 bits per heavy atom. The van der Waals surface area contributed by atoms with Gasteiger partial charge in [-0.1, -0.05) is 6.92 Å². The van der Waals surface area contributed by atoms with E-state index in [0.717, 1.165) is 50.6 Å². The van der Waals surface area contributed by atoms with Crippen LogP contribution in [0.2, 0.25) is 0 Å². The number of aliphatic hydroxyl groups is 1. The summed E-state index contributed by atoms with van der Waals surface area (Å²) in [7, 11) is 3.26. The average Bonchev–Trinajstić information content (AvgIpc) is 2.59. The highest BCUT2D eigenvalue weighted by molar-refractivity contribution is 5.41. The number of aliphatic hydroxyl groups excluding tert-OH is 1. The number of methoxy groups -OCH3 is 2. The maximum Gasteiger partial charge on any atom is 0.124 e. The second-order valence-corrected chi connectivity index (χ2v) is 5.69. The van der Waals surface area contributed by atoms with Crippen molar-refractivity contribution in [3.63, 3.8) is 0 Å². The molecule has 0 amide bonds. The lowest BCUT2D eigenvalue weighted by Crippen LogP contribution is -2.46. The highest BCUT2D eigenvalue weighted by Crippen LogP contribution is 2.31. The summed E-state index contributed by atoms with van der Waals surface area (Å²) < 4.78 is 10.6. The SMILES string of the molecule is CCN1CCN(CCC(O)c2cc(OC)ccc2OC)CC1. The minimum absolute atomic E-state index is 0.533. The van der Waals surface area contributed by atoms with E-state index in [4.69, 9.17) is 9.47 Å². The Bertz CT molecular complexity index is 459. The van der Waals surface area contributed by atoms with Crippen LogP contribution >= 0.6 is 0 Å². The highest BCUT2D eigenvalue weighted by Gasteiger charge is 2.19. The van der Waals surface area contributed by atoms with Gasteiger partial charge in [-0.05, 0) is 31.2 Å². The Hall–Kier alpha value is -1.30. The molecule has 1 heterocycles. The molecule has 124 valence electrons. The lowest BCUT2D eigenvalue weighted by atomic mass is 10.0. The number of rotatable bonds is 7. The van der Waals surface area contributed by atoms with E-state index in [0.29, 0.717) is 12.2 Å². The van der Waals surface area contributed by atoms with Crippen molar-refractivity contribution in [2.45, 2.75) is 19.4 Å². The predicted octanol–water partition coefficient (Wildman–Crippen LogP) is 1.76. The third-order valence-electron chi connectivity index (χ3n) is 4.43. The Labute approximate surface area is 133 Å². The van der Waals surface area contributed by atoms with E-state index < -0.39 is 6.10 Å². The van der Waals surface area contributed by atoms with Crippen LogP contribution in [0.3, 0.4) is 0 Å². The van der Waals surface area contributed by atoms with Crippen LogP contribution in [0.4, 0.5) is 0 Å². The molecule has 0 bridgehead atoms. The van der Waals surface area contributed by atoms with Crippen molar-refractivity contribution in [1.29, 1.82) is 0 Å². The standard InChI is InChI=1S/C17H28N2O3/c1-4-18-9-11-19(12-10-18)8-7-16(20)15-13-14(21-2)5-6-17(15)22-3/h5-6,13,16,20H,4,7-12H2,1-3H3. The molecule has 0 saturated carbocycles. The lowest BCUT2D eigenvalue weighted by Gasteiger charge is -2.34. The Balaban J connectivity index is 1.90. The van der Waals surface area contributed by atoms with E-state index in [-0.39, 0.29) is 0 Å². The van der Waals surface area contributed by atoms with Crippen LogP contribution in [-0.2, 0) is 0 Å². The van der Waals surface area contributed by atoms with Gasteiger partial charge in [-0.2, -0.15) is 0 Å². The summed E-state index contributed by atoms with van der Waals surface area (Å²) in [4.78, 5) is 4.88. The predicted molar refractivity (Wildman–Crippen MR) is 87.7 cm³/mol. The number of piperazine rings is 1. The van der Waals surface area contributed by atoms with E-state index >= 15 is 0 Å². The molecule has 1 unspecified atom stereocenters. The third kappa shape index (κ3) is 4.35. The van der Waals surface area contributed by atoms with Crippen molar-refractivity contribution >= 4 is 0 Å². The summed E-state index contributed by atoms with van der Waals surface area (Å²) in [5.74, 6) is 1.45.